The summed E-state index contributed by atoms with van der Waals surface area (Å²) in [5.74, 6) is -0.529. The van der Waals surface area contributed by atoms with Crippen molar-refractivity contribution in [3.05, 3.63) is 68.9 Å². The van der Waals surface area contributed by atoms with Crippen LogP contribution in [-0.4, -0.2) is 17.9 Å². The van der Waals surface area contributed by atoms with E-state index in [4.69, 9.17) is 11.6 Å². The summed E-state index contributed by atoms with van der Waals surface area (Å²) in [4.78, 5) is 14.0. The first kappa shape index (κ1) is 16.0. The van der Waals surface area contributed by atoms with Crippen LogP contribution in [0, 0.1) is 5.82 Å². The molecule has 110 valence electrons. The highest BCUT2D eigenvalue weighted by Crippen LogP contribution is 2.26. The van der Waals surface area contributed by atoms with Crippen LogP contribution in [0.5, 0.6) is 0 Å². The monoisotopic (exact) mass is 369 g/mol. The highest BCUT2D eigenvalue weighted by Gasteiger charge is 2.21. The lowest BCUT2D eigenvalue weighted by Crippen LogP contribution is -2.30. The second-order valence-electron chi connectivity index (χ2n) is 4.74. The first-order chi connectivity index (χ1) is 9.91. The zero-order valence-electron chi connectivity index (χ0n) is 11.6. The first-order valence-corrected chi connectivity index (χ1v) is 7.55. The summed E-state index contributed by atoms with van der Waals surface area (Å²) in [5, 5.41) is 0.466. The van der Waals surface area contributed by atoms with Gasteiger partial charge in [-0.2, -0.15) is 0 Å². The van der Waals surface area contributed by atoms with Gasteiger partial charge in [-0.3, -0.25) is 4.79 Å². The quantitative estimate of drug-likeness (QED) is 0.738. The Kier molecular flexibility index (Phi) is 5.01. The van der Waals surface area contributed by atoms with Crippen LogP contribution in [0.1, 0.15) is 28.9 Å². The molecule has 1 amide bonds. The van der Waals surface area contributed by atoms with Gasteiger partial charge in [0, 0.05) is 22.6 Å². The molecule has 0 aliphatic rings. The molecule has 21 heavy (non-hydrogen) atoms. The minimum Gasteiger partial charge on any atom is -0.335 e. The molecule has 1 unspecified atom stereocenters. The molecule has 0 spiro atoms. The predicted octanol–water partition coefficient (Wildman–Crippen LogP) is 5.07. The van der Waals surface area contributed by atoms with Crippen molar-refractivity contribution in [1.82, 2.24) is 4.90 Å². The Labute approximate surface area is 136 Å². The topological polar surface area (TPSA) is 20.3 Å². The second-order valence-corrected chi connectivity index (χ2v) is 6.00. The highest BCUT2D eigenvalue weighted by molar-refractivity contribution is 9.10. The molecule has 0 saturated heterocycles. The van der Waals surface area contributed by atoms with Crippen molar-refractivity contribution in [2.75, 3.05) is 7.05 Å². The number of halogens is 3. The maximum Gasteiger partial charge on any atom is 0.254 e. The summed E-state index contributed by atoms with van der Waals surface area (Å²) in [6.07, 6.45) is 0. The van der Waals surface area contributed by atoms with Gasteiger partial charge in [0.15, 0.2) is 0 Å². The molecule has 0 aliphatic heterocycles. The molecule has 0 heterocycles. The molecule has 2 rings (SSSR count). The van der Waals surface area contributed by atoms with E-state index in [1.807, 2.05) is 0 Å². The number of hydrogen-bond acceptors (Lipinski definition) is 1. The van der Waals surface area contributed by atoms with E-state index >= 15 is 0 Å². The van der Waals surface area contributed by atoms with Crippen LogP contribution in [0.3, 0.4) is 0 Å². The molecule has 2 aromatic rings. The van der Waals surface area contributed by atoms with Crippen LogP contribution < -0.4 is 0 Å². The summed E-state index contributed by atoms with van der Waals surface area (Å²) in [6.45, 7) is 1.79. The Morgan fingerprint density at radius 3 is 2.57 bits per heavy atom. The van der Waals surface area contributed by atoms with E-state index in [9.17, 15) is 9.18 Å². The van der Waals surface area contributed by atoms with Crippen LogP contribution >= 0.6 is 27.5 Å². The summed E-state index contributed by atoms with van der Waals surface area (Å²) in [5.41, 5.74) is 0.949. The van der Waals surface area contributed by atoms with Gasteiger partial charge in [0.05, 0.1) is 11.1 Å². The van der Waals surface area contributed by atoms with Crippen LogP contribution in [0.4, 0.5) is 4.39 Å². The Morgan fingerprint density at radius 1 is 1.29 bits per heavy atom. The maximum atomic E-state index is 13.8. The molecule has 1 atom stereocenters. The number of benzene rings is 2. The molecular weight excluding hydrogens is 357 g/mol. The zero-order valence-corrected chi connectivity index (χ0v) is 14.0. The first-order valence-electron chi connectivity index (χ1n) is 6.38. The smallest absolute Gasteiger partial charge is 0.254 e. The molecule has 0 saturated carbocycles. The Morgan fingerprint density at radius 2 is 1.95 bits per heavy atom. The number of carbonyl (C=O) groups excluding carboxylic acids is 1. The van der Waals surface area contributed by atoms with E-state index in [0.29, 0.717) is 16.1 Å². The van der Waals surface area contributed by atoms with Gasteiger partial charge in [-0.05, 0) is 47.1 Å². The lowest BCUT2D eigenvalue weighted by molar-refractivity contribution is 0.0740. The average Bonchev–Trinajstić information content (AvgIpc) is 2.48. The lowest BCUT2D eigenvalue weighted by atomic mass is 10.1. The Hall–Kier alpha value is -1.39. The van der Waals surface area contributed by atoms with Crippen molar-refractivity contribution in [1.29, 1.82) is 0 Å². The van der Waals surface area contributed by atoms with Crippen molar-refractivity contribution >= 4 is 33.4 Å². The summed E-state index contributed by atoms with van der Waals surface area (Å²) in [6, 6.07) is 11.1. The van der Waals surface area contributed by atoms with Crippen LogP contribution in [0.2, 0.25) is 5.02 Å². The minimum absolute atomic E-state index is 0.208. The number of hydrogen-bond donors (Lipinski definition) is 0. The number of rotatable bonds is 3. The Balaban J connectivity index is 2.26. The third-order valence-corrected chi connectivity index (χ3v) is 4.66. The second kappa shape index (κ2) is 6.58. The fourth-order valence-corrected chi connectivity index (χ4v) is 2.46. The number of amides is 1. The van der Waals surface area contributed by atoms with Crippen molar-refractivity contribution in [3.63, 3.8) is 0 Å². The molecule has 2 aromatic carbocycles. The normalized spacial score (nSPS) is 12.0. The standard InChI is InChI=1S/C16H14BrClFNO/c1-10(12-5-3-4-6-15(12)19)20(2)16(21)11-7-8-13(17)14(18)9-11/h3-10H,1-2H3. The number of carbonyl (C=O) groups is 1. The highest BCUT2D eigenvalue weighted by atomic mass is 79.9. The fourth-order valence-electron chi connectivity index (χ4n) is 2.03. The SMILES string of the molecule is CC(c1ccccc1F)N(C)C(=O)c1ccc(Br)c(Cl)c1. The molecule has 2 nitrogen and oxygen atoms in total. The Bertz CT molecular complexity index is 677. The fraction of sp³-hybridized carbons (Fsp3) is 0.188. The third kappa shape index (κ3) is 3.44. The molecule has 0 N–H and O–H groups in total. The third-order valence-electron chi connectivity index (χ3n) is 3.42. The lowest BCUT2D eigenvalue weighted by Gasteiger charge is -2.26. The van der Waals surface area contributed by atoms with Gasteiger partial charge >= 0.3 is 0 Å². The van der Waals surface area contributed by atoms with E-state index in [1.54, 1.807) is 50.4 Å². The summed E-state index contributed by atoms with van der Waals surface area (Å²) < 4.78 is 14.5. The van der Waals surface area contributed by atoms with E-state index in [2.05, 4.69) is 15.9 Å². The summed E-state index contributed by atoms with van der Waals surface area (Å²) in [7, 11) is 1.65. The molecular formula is C16H14BrClFNO. The largest absolute Gasteiger partial charge is 0.335 e. The van der Waals surface area contributed by atoms with E-state index in [0.717, 1.165) is 4.47 Å². The van der Waals surface area contributed by atoms with Gasteiger partial charge in [0.25, 0.3) is 5.91 Å². The van der Waals surface area contributed by atoms with Gasteiger partial charge in [-0.1, -0.05) is 29.8 Å². The predicted molar refractivity (Wildman–Crippen MR) is 86.1 cm³/mol. The molecule has 5 heteroatoms. The zero-order chi connectivity index (χ0) is 15.6. The molecule has 0 bridgehead atoms. The van der Waals surface area contributed by atoms with Crippen LogP contribution in [-0.2, 0) is 0 Å². The molecule has 0 aromatic heterocycles. The van der Waals surface area contributed by atoms with Gasteiger partial charge in [0.1, 0.15) is 5.82 Å². The van der Waals surface area contributed by atoms with Crippen molar-refractivity contribution in [2.45, 2.75) is 13.0 Å². The van der Waals surface area contributed by atoms with Crippen molar-refractivity contribution in [2.24, 2.45) is 0 Å². The average molecular weight is 371 g/mol. The molecule has 0 aliphatic carbocycles. The molecule has 0 radical (unpaired) electrons. The van der Waals surface area contributed by atoms with E-state index < -0.39 is 0 Å². The van der Waals surface area contributed by atoms with E-state index in [-0.39, 0.29) is 17.8 Å². The van der Waals surface area contributed by atoms with Crippen LogP contribution in [0.25, 0.3) is 0 Å². The van der Waals surface area contributed by atoms with Gasteiger partial charge < -0.3 is 4.90 Å². The molecule has 0 fully saturated rings. The van der Waals surface area contributed by atoms with E-state index in [1.165, 1.54) is 11.0 Å². The minimum atomic E-state index is -0.374. The maximum absolute atomic E-state index is 13.8. The van der Waals surface area contributed by atoms with Gasteiger partial charge in [-0.15, -0.1) is 0 Å². The summed E-state index contributed by atoms with van der Waals surface area (Å²) >= 11 is 9.29. The van der Waals surface area contributed by atoms with Crippen molar-refractivity contribution < 1.29 is 9.18 Å². The van der Waals surface area contributed by atoms with Crippen LogP contribution in [0.15, 0.2) is 46.9 Å². The van der Waals surface area contributed by atoms with Gasteiger partial charge in [0.2, 0.25) is 0 Å². The number of nitrogens with zero attached hydrogens (tertiary/aromatic N) is 1. The van der Waals surface area contributed by atoms with Crippen molar-refractivity contribution in [3.8, 4) is 0 Å². The van der Waals surface area contributed by atoms with Gasteiger partial charge in [-0.25, -0.2) is 4.39 Å².